The molecule has 13 aromatic carbocycles. The normalized spacial score (nSPS) is 14.9. The van der Waals surface area contributed by atoms with E-state index in [1.807, 2.05) is 229 Å². The Morgan fingerprint density at radius 3 is 1.15 bits per heavy atom. The molecule has 0 saturated carbocycles. The van der Waals surface area contributed by atoms with Crippen molar-refractivity contribution < 1.29 is 106 Å². The molecule has 1 fully saturated rings. The molecule has 14 aromatic rings. The SMILES string of the molecule is CCOC(=O)[C@@H]1CCCN1P(=O)(Oc1ccccc1)Oc1ccc(C)cc1.CCOC(=O)[C@H](CCSC)NP(=O)(Oc1ccccc1)Oc1ccc(C)cc1.CCOC(=O)[C@H](Cc1c[nH]c2ccccc12)NP(=O)(Oc1ccccc1)Oc1ccc(C)cc1.CCOC(=O)[C@H](Cc1ccccc1)NP(=O)(Oc1ccccc1)Oc1ccc(C)cc1.Cc1ccc(OP(=O)(NCCC2=CCc3ccccc32)OCc2ccccc2)cc1. The first kappa shape index (κ1) is 115. The molecule has 1 aromatic heterocycles. The molecule has 1 aliphatic carbocycles. The molecule has 2 aliphatic rings. The molecule has 35 heteroatoms. The average Bonchev–Trinajstić information content (AvgIpc) is 1.65. The zero-order chi connectivity index (χ0) is 107. The molecule has 29 nitrogen and oxygen atoms in total. The number of fused-ring (bicyclic) bond motifs is 2. The van der Waals surface area contributed by atoms with Gasteiger partial charge in [-0.05, 0) is 261 Å². The highest BCUT2D eigenvalue weighted by atomic mass is 32.2. The summed E-state index contributed by atoms with van der Waals surface area (Å²) in [5.74, 6) is 2.26. The zero-order valence-corrected chi connectivity index (χ0v) is 90.8. The summed E-state index contributed by atoms with van der Waals surface area (Å²) < 4.78 is 149. The van der Waals surface area contributed by atoms with Crippen LogP contribution in [0.3, 0.4) is 0 Å². The van der Waals surface area contributed by atoms with Crippen LogP contribution in [0.1, 0.15) is 109 Å². The van der Waals surface area contributed by atoms with E-state index in [1.165, 1.54) is 21.4 Å². The highest BCUT2D eigenvalue weighted by Crippen LogP contribution is 2.56. The molecule has 0 bridgehead atoms. The second-order valence-corrected chi connectivity index (χ2v) is 43.9. The lowest BCUT2D eigenvalue weighted by Gasteiger charge is -2.30. The number of aryl methyl sites for hydroxylation is 5. The summed E-state index contributed by atoms with van der Waals surface area (Å²) in [6.07, 6.45) is 9.90. The number of hydrogen-bond acceptors (Lipinski definition) is 24. The first-order chi connectivity index (χ1) is 72.5. The lowest BCUT2D eigenvalue weighted by atomic mass is 10.0. The summed E-state index contributed by atoms with van der Waals surface area (Å²) in [5, 5.41) is 12.5. The molecular formula is C115H129N6O23P5S. The fourth-order valence-corrected chi connectivity index (χ4v) is 23.6. The van der Waals surface area contributed by atoms with Crippen molar-refractivity contribution in [3.63, 3.8) is 0 Å². The van der Waals surface area contributed by atoms with Crippen molar-refractivity contribution in [2.45, 2.75) is 138 Å². The minimum Gasteiger partial charge on any atom is -0.465 e. The van der Waals surface area contributed by atoms with Crippen LogP contribution in [-0.2, 0) is 91.3 Å². The van der Waals surface area contributed by atoms with E-state index in [-0.39, 0.29) is 45.9 Å². The third kappa shape index (κ3) is 37.3. The number of ether oxygens (including phenoxy) is 4. The van der Waals surface area contributed by atoms with Gasteiger partial charge in [-0.2, -0.15) is 31.7 Å². The molecule has 0 radical (unpaired) electrons. The first-order valence-corrected chi connectivity index (χ1v) is 58.4. The predicted molar refractivity (Wildman–Crippen MR) is 590 cm³/mol. The van der Waals surface area contributed by atoms with Gasteiger partial charge in [-0.1, -0.05) is 270 Å². The standard InChI is InChI=1S/C26H27N2O5P.C25H26NO3P.C24H26NO5P.C20H26NO5PS.C20H24NO5P/c1-3-31-26(29)25(17-20-18-27-24-12-8-7-11-23(20)24)28-34(30,32-21-9-5-4-6-10-21)33-22-15-13-19(2)14-16-22;1-20-11-15-24(16-12-20)29-30(27,28-19-21-7-3-2-4-8-21)26-18-17-23-14-13-22-9-5-6-10-25(22)23;1-3-28-24(26)23(18-20-10-6-4-7-11-20)25-31(27,29-21-12-8-5-9-13-21)30-22-16-14-19(2)15-17-22;1-4-24-20(22)19(14-15-28-3)21-27(23,25-17-8-6-5-7-9-17)26-18-12-10-16(2)11-13-18;1-3-24-20(22)19-10-7-15-21(19)27(23,25-17-8-5-4-6-9-17)26-18-13-11-16(2)12-14-18/h4-16,18,25,27H,3,17H2,1-2H3,(H,28,30);2-12,14-16H,13,17-19H2,1H3,(H,26,27);4-17,23H,3,18H2,1-2H3,(H,25,27);5-13,19H,4,14-15H2,1-3H3,(H,21,23);4-6,8-9,11-14,19H,3,7,10,15H2,1-2H3/t25-,34?;;23-,31?;2*19-,27?/m0.000/s1. The molecule has 150 heavy (non-hydrogen) atoms. The van der Waals surface area contributed by atoms with Gasteiger partial charge in [0.15, 0.2) is 0 Å². The Kier molecular flexibility index (Phi) is 45.0. The molecule has 9 atom stereocenters. The van der Waals surface area contributed by atoms with E-state index in [0.29, 0.717) is 89.9 Å². The largest absolute Gasteiger partial charge is 0.516 e. The molecule has 0 spiro atoms. The lowest BCUT2D eigenvalue weighted by Crippen LogP contribution is -2.40. The monoisotopic (exact) mass is 2150 g/mol. The minimum absolute atomic E-state index is 0.188. The molecule has 1 saturated heterocycles. The van der Waals surface area contributed by atoms with Crippen molar-refractivity contribution in [3.8, 4) is 51.7 Å². The van der Waals surface area contributed by atoms with Crippen LogP contribution in [0.25, 0.3) is 16.5 Å². The van der Waals surface area contributed by atoms with Crippen molar-refractivity contribution in [2.75, 3.05) is 51.5 Å². The third-order valence-electron chi connectivity index (χ3n) is 22.7. The van der Waals surface area contributed by atoms with E-state index < -0.39 is 86.8 Å². The Morgan fingerprint density at radius 1 is 0.387 bits per heavy atom. The number of carbonyl (C=O) groups excluding carboxylic acids is 4. The summed E-state index contributed by atoms with van der Waals surface area (Å²) in [5.41, 5.74) is 12.8. The van der Waals surface area contributed by atoms with Crippen LogP contribution in [-0.4, -0.2) is 109 Å². The fraction of sp³-hybridized carbons (Fsp3) is 0.252. The first-order valence-electron chi connectivity index (χ1n) is 49.4. The van der Waals surface area contributed by atoms with Crippen LogP contribution >= 0.6 is 50.5 Å². The Bertz CT molecular complexity index is 6850. The highest BCUT2D eigenvalue weighted by molar-refractivity contribution is 7.98. The quantitative estimate of drug-likeness (QED) is 0.0134. The van der Waals surface area contributed by atoms with Crippen LogP contribution in [0.5, 0.6) is 51.7 Å². The topological polar surface area (TPSA) is 350 Å². The van der Waals surface area contributed by atoms with Gasteiger partial charge in [0.25, 0.3) is 0 Å². The molecule has 16 rings (SSSR count). The zero-order valence-electron chi connectivity index (χ0n) is 85.5. The number of esters is 4. The van der Waals surface area contributed by atoms with Crippen LogP contribution < -0.4 is 61.1 Å². The van der Waals surface area contributed by atoms with Crippen molar-refractivity contribution in [1.29, 1.82) is 0 Å². The number of nitrogens with zero attached hydrogens (tertiary/aromatic N) is 1. The highest BCUT2D eigenvalue weighted by Gasteiger charge is 2.49. The van der Waals surface area contributed by atoms with Gasteiger partial charge in [-0.15, -0.1) is 0 Å². The predicted octanol–water partition coefficient (Wildman–Crippen LogP) is 26.9. The Labute approximate surface area is 882 Å². The summed E-state index contributed by atoms with van der Waals surface area (Å²) in [4.78, 5) is 53.5. The molecule has 1 aliphatic heterocycles. The maximum absolute atomic E-state index is 14.0. The van der Waals surface area contributed by atoms with E-state index in [2.05, 4.69) is 55.7 Å². The van der Waals surface area contributed by atoms with Crippen LogP contribution in [0.15, 0.2) is 364 Å². The second kappa shape index (κ2) is 58.6. The van der Waals surface area contributed by atoms with Gasteiger partial charge in [0.1, 0.15) is 75.9 Å². The fourth-order valence-electron chi connectivity index (χ4n) is 15.3. The molecule has 0 amide bonds. The Hall–Kier alpha value is -13.5. The lowest BCUT2D eigenvalue weighted by molar-refractivity contribution is -0.147. The van der Waals surface area contributed by atoms with Gasteiger partial charge in [0, 0.05) is 36.6 Å². The smallest absolute Gasteiger partial charge is 0.465 e. The van der Waals surface area contributed by atoms with Gasteiger partial charge in [0.05, 0.1) is 33.0 Å². The second-order valence-electron chi connectivity index (χ2n) is 34.5. The number of para-hydroxylation sites is 5. The number of allylic oxidation sites excluding steroid dienone is 1. The number of hydrogen-bond donors (Lipinski definition) is 5. The van der Waals surface area contributed by atoms with Crippen molar-refractivity contribution in [2.24, 2.45) is 0 Å². The van der Waals surface area contributed by atoms with Gasteiger partial charge in [-0.25, -0.2) is 27.9 Å². The summed E-state index contributed by atoms with van der Waals surface area (Å²) >= 11 is 1.58. The van der Waals surface area contributed by atoms with Gasteiger partial charge < -0.3 is 64.6 Å². The maximum atomic E-state index is 14.0. The van der Waals surface area contributed by atoms with E-state index in [1.54, 1.807) is 185 Å². The number of aromatic nitrogens is 1. The number of nitrogens with one attached hydrogen (secondary N) is 5. The third-order valence-corrected chi connectivity index (χ3v) is 31.5. The molecule has 5 unspecified atom stereocenters. The average molecular weight is 2150 g/mol. The van der Waals surface area contributed by atoms with Gasteiger partial charge in [0.2, 0.25) is 0 Å². The van der Waals surface area contributed by atoms with Crippen LogP contribution in [0.2, 0.25) is 0 Å². The Balaban J connectivity index is 0.000000167. The summed E-state index contributed by atoms with van der Waals surface area (Å²) in [7, 11) is -19.3. The number of thioether (sulfide) groups is 1. The summed E-state index contributed by atoms with van der Waals surface area (Å²) in [6.45, 7) is 18.8. The van der Waals surface area contributed by atoms with E-state index in [0.717, 1.165) is 68.3 Å². The van der Waals surface area contributed by atoms with Gasteiger partial charge >= 0.3 is 62.6 Å². The van der Waals surface area contributed by atoms with Crippen LogP contribution in [0.4, 0.5) is 0 Å². The van der Waals surface area contributed by atoms with Crippen molar-refractivity contribution in [3.05, 3.63) is 420 Å². The number of benzene rings is 13. The molecule has 5 N–H and O–H groups in total. The van der Waals surface area contributed by atoms with Gasteiger partial charge in [-0.3, -0.25) is 23.7 Å². The van der Waals surface area contributed by atoms with Crippen molar-refractivity contribution >= 4 is 90.8 Å². The summed E-state index contributed by atoms with van der Waals surface area (Å²) in [6, 6.07) is 103. The number of rotatable bonds is 47. The van der Waals surface area contributed by atoms with Crippen molar-refractivity contribution in [1.82, 2.24) is 30.0 Å². The van der Waals surface area contributed by atoms with Crippen LogP contribution in [0, 0.1) is 34.6 Å². The molecule has 788 valence electrons. The van der Waals surface area contributed by atoms with E-state index in [4.69, 9.17) is 64.2 Å². The number of carbonyl (C=O) groups is 4. The molecular weight excluding hydrogens is 2020 g/mol. The van der Waals surface area contributed by atoms with E-state index >= 15 is 0 Å². The molecule has 2 heterocycles. The number of aromatic amines is 1. The number of H-pyrrole nitrogens is 1. The Morgan fingerprint density at radius 2 is 0.733 bits per heavy atom. The minimum atomic E-state index is -4.05. The maximum Gasteiger partial charge on any atom is 0.516 e. The van der Waals surface area contributed by atoms with E-state index in [9.17, 15) is 42.0 Å².